The smallest absolute Gasteiger partial charge is 0.179 e. The van der Waals surface area contributed by atoms with Crippen LogP contribution in [0.25, 0.3) is 0 Å². The van der Waals surface area contributed by atoms with Crippen LogP contribution in [-0.2, 0) is 0 Å². The summed E-state index contributed by atoms with van der Waals surface area (Å²) in [6, 6.07) is 5.79. The zero-order valence-electron chi connectivity index (χ0n) is 15.9. The number of hydrogen-bond acceptors (Lipinski definition) is 7. The minimum atomic E-state index is 0.547. The van der Waals surface area contributed by atoms with Gasteiger partial charge in [-0.05, 0) is 33.0 Å². The van der Waals surface area contributed by atoms with Crippen LogP contribution in [0, 0.1) is 12.8 Å². The lowest BCUT2D eigenvalue weighted by Gasteiger charge is -2.15. The van der Waals surface area contributed by atoms with Gasteiger partial charge in [0.2, 0.25) is 0 Å². The van der Waals surface area contributed by atoms with E-state index in [1.54, 1.807) is 13.3 Å². The largest absolute Gasteiger partial charge is 0.491 e. The van der Waals surface area contributed by atoms with Gasteiger partial charge in [-0.15, -0.1) is 0 Å². The van der Waals surface area contributed by atoms with E-state index < -0.39 is 0 Å². The summed E-state index contributed by atoms with van der Waals surface area (Å²) < 4.78 is 11.4. The highest BCUT2D eigenvalue weighted by molar-refractivity contribution is 5.61. The Morgan fingerprint density at radius 3 is 2.77 bits per heavy atom. The Hall–Kier alpha value is -2.54. The molecule has 3 heterocycles. The highest BCUT2D eigenvalue weighted by atomic mass is 16.5. The number of aryl methyl sites for hydroxylation is 1. The molecule has 1 fully saturated rings. The predicted molar refractivity (Wildman–Crippen MR) is 104 cm³/mol. The first-order chi connectivity index (χ1) is 12.6. The monoisotopic (exact) mass is 357 g/mol. The maximum Gasteiger partial charge on any atom is 0.179 e. The van der Waals surface area contributed by atoms with E-state index in [4.69, 9.17) is 9.47 Å². The van der Waals surface area contributed by atoms with Gasteiger partial charge in [-0.2, -0.15) is 0 Å². The van der Waals surface area contributed by atoms with E-state index in [9.17, 15) is 0 Å². The van der Waals surface area contributed by atoms with Crippen molar-refractivity contribution in [2.75, 3.05) is 51.5 Å². The topological polar surface area (TPSA) is 71.5 Å². The van der Waals surface area contributed by atoms with Crippen molar-refractivity contribution in [1.82, 2.24) is 14.9 Å². The van der Waals surface area contributed by atoms with E-state index in [2.05, 4.69) is 32.5 Å². The van der Waals surface area contributed by atoms with Crippen LogP contribution >= 0.6 is 0 Å². The average Bonchev–Trinajstić information content (AvgIpc) is 3.05. The molecule has 0 saturated carbocycles. The van der Waals surface area contributed by atoms with Crippen LogP contribution in [-0.4, -0.2) is 55.8 Å². The van der Waals surface area contributed by atoms with Crippen molar-refractivity contribution in [3.63, 3.8) is 0 Å². The van der Waals surface area contributed by atoms with E-state index in [1.807, 2.05) is 32.2 Å². The maximum absolute atomic E-state index is 6.04. The van der Waals surface area contributed by atoms with Crippen molar-refractivity contribution in [2.45, 2.75) is 13.3 Å². The highest BCUT2D eigenvalue weighted by Crippen LogP contribution is 2.30. The first-order valence-corrected chi connectivity index (χ1v) is 8.86. The Balaban J connectivity index is 1.73. The molecule has 7 nitrogen and oxygen atoms in total. The third-order valence-electron chi connectivity index (χ3n) is 4.51. The lowest BCUT2D eigenvalue weighted by atomic mass is 10.1. The van der Waals surface area contributed by atoms with Crippen LogP contribution in [0.15, 0.2) is 24.4 Å². The van der Waals surface area contributed by atoms with Gasteiger partial charge < -0.3 is 25.0 Å². The van der Waals surface area contributed by atoms with Crippen molar-refractivity contribution in [1.29, 1.82) is 0 Å². The van der Waals surface area contributed by atoms with Crippen LogP contribution in [0.3, 0.4) is 0 Å². The first kappa shape index (κ1) is 18.3. The summed E-state index contributed by atoms with van der Waals surface area (Å²) in [6.07, 6.45) is 2.84. The molecule has 0 amide bonds. The minimum absolute atomic E-state index is 0.547. The van der Waals surface area contributed by atoms with Gasteiger partial charge in [0.1, 0.15) is 11.6 Å². The summed E-state index contributed by atoms with van der Waals surface area (Å²) in [6.45, 7) is 4.83. The number of anilines is 3. The molecule has 1 saturated heterocycles. The first-order valence-electron chi connectivity index (χ1n) is 8.86. The summed E-state index contributed by atoms with van der Waals surface area (Å²) >= 11 is 0. The second-order valence-electron chi connectivity index (χ2n) is 6.71. The molecule has 0 aromatic carbocycles. The molecule has 0 spiro atoms. The van der Waals surface area contributed by atoms with E-state index in [1.165, 1.54) is 0 Å². The summed E-state index contributed by atoms with van der Waals surface area (Å²) in [7, 11) is 5.65. The molecule has 2 N–H and O–H groups in total. The lowest BCUT2D eigenvalue weighted by molar-refractivity contribution is 0.238. The number of hydrogen-bond donors (Lipinski definition) is 2. The van der Waals surface area contributed by atoms with Crippen molar-refractivity contribution in [3.05, 3.63) is 30.1 Å². The lowest BCUT2D eigenvalue weighted by Crippen LogP contribution is -2.18. The molecule has 2 aromatic rings. The van der Waals surface area contributed by atoms with Gasteiger partial charge in [0.15, 0.2) is 11.5 Å². The summed E-state index contributed by atoms with van der Waals surface area (Å²) in [5.41, 5.74) is 1.92. The highest BCUT2D eigenvalue weighted by Gasteiger charge is 2.20. The van der Waals surface area contributed by atoms with Gasteiger partial charge in [-0.25, -0.2) is 9.97 Å². The van der Waals surface area contributed by atoms with Crippen molar-refractivity contribution in [2.24, 2.45) is 5.92 Å². The van der Waals surface area contributed by atoms with Gasteiger partial charge >= 0.3 is 0 Å². The molecule has 1 aliphatic rings. The summed E-state index contributed by atoms with van der Waals surface area (Å²) in [4.78, 5) is 11.2. The summed E-state index contributed by atoms with van der Waals surface area (Å²) in [5, 5.41) is 6.37. The van der Waals surface area contributed by atoms with Gasteiger partial charge in [0.05, 0.1) is 19.9 Å². The maximum atomic E-state index is 6.04. The second kappa shape index (κ2) is 8.23. The molecule has 7 heteroatoms. The fraction of sp³-hybridized carbons (Fsp3) is 0.474. The van der Waals surface area contributed by atoms with Crippen molar-refractivity contribution >= 4 is 17.3 Å². The fourth-order valence-electron chi connectivity index (χ4n) is 3.14. The molecule has 3 rings (SSSR count). The molecule has 0 bridgehead atoms. The second-order valence-corrected chi connectivity index (χ2v) is 6.71. The number of aromatic nitrogens is 2. The standard InChI is InChI=1S/C19H27N5O2/c1-13-7-15(20-2)8-19(22-13)23-18-9-16(17(25-4)10-21-18)26-12-14-5-6-24(3)11-14/h7-10,14H,5-6,11-12H2,1-4H3,(H2,20,21,22,23)/t14-/m1/s1. The van der Waals surface area contributed by atoms with E-state index in [-0.39, 0.29) is 0 Å². The average molecular weight is 357 g/mol. The molecule has 0 aliphatic carbocycles. The van der Waals surface area contributed by atoms with E-state index in [0.717, 1.165) is 36.7 Å². The van der Waals surface area contributed by atoms with E-state index in [0.29, 0.717) is 29.8 Å². The SMILES string of the molecule is CNc1cc(C)nc(Nc2cc(OC[C@@H]3CCN(C)C3)c(OC)cn2)c1. The normalized spacial score (nSPS) is 17.2. The van der Waals surface area contributed by atoms with Gasteiger partial charge in [0.25, 0.3) is 0 Å². The Morgan fingerprint density at radius 1 is 1.23 bits per heavy atom. The van der Waals surface area contributed by atoms with Gasteiger partial charge in [0, 0.05) is 43.0 Å². The zero-order valence-corrected chi connectivity index (χ0v) is 15.9. The number of nitrogens with one attached hydrogen (secondary N) is 2. The number of pyridine rings is 2. The van der Waals surface area contributed by atoms with Crippen LogP contribution in [0.5, 0.6) is 11.5 Å². The van der Waals surface area contributed by atoms with Crippen LogP contribution < -0.4 is 20.1 Å². The molecule has 1 aliphatic heterocycles. The molecule has 0 radical (unpaired) electrons. The fourth-order valence-corrected chi connectivity index (χ4v) is 3.14. The zero-order chi connectivity index (χ0) is 18.5. The molecule has 140 valence electrons. The number of likely N-dealkylation sites (tertiary alicyclic amines) is 1. The predicted octanol–water partition coefficient (Wildman–Crippen LogP) is 2.91. The van der Waals surface area contributed by atoms with Crippen molar-refractivity contribution in [3.8, 4) is 11.5 Å². The third kappa shape index (κ3) is 4.54. The Labute approximate surface area is 154 Å². The van der Waals surface area contributed by atoms with E-state index >= 15 is 0 Å². The van der Waals surface area contributed by atoms with Crippen LogP contribution in [0.2, 0.25) is 0 Å². The molecule has 1 atom stereocenters. The quantitative estimate of drug-likeness (QED) is 0.789. The molecule has 0 unspecified atom stereocenters. The molecule has 26 heavy (non-hydrogen) atoms. The minimum Gasteiger partial charge on any atom is -0.491 e. The number of nitrogens with zero attached hydrogens (tertiary/aromatic N) is 3. The van der Waals surface area contributed by atoms with Gasteiger partial charge in [-0.3, -0.25) is 0 Å². The number of rotatable bonds is 7. The Kier molecular flexibility index (Phi) is 5.78. The van der Waals surface area contributed by atoms with Gasteiger partial charge in [-0.1, -0.05) is 0 Å². The number of ether oxygens (including phenoxy) is 2. The molecular weight excluding hydrogens is 330 g/mol. The van der Waals surface area contributed by atoms with Crippen LogP contribution in [0.4, 0.5) is 17.3 Å². The van der Waals surface area contributed by atoms with Crippen LogP contribution in [0.1, 0.15) is 12.1 Å². The summed E-state index contributed by atoms with van der Waals surface area (Å²) in [5.74, 6) is 3.28. The Bertz CT molecular complexity index is 753. The van der Waals surface area contributed by atoms with Crippen molar-refractivity contribution < 1.29 is 9.47 Å². The third-order valence-corrected chi connectivity index (χ3v) is 4.51. The number of methoxy groups -OCH3 is 1. The molecular formula is C19H27N5O2. The molecule has 2 aromatic heterocycles. The Morgan fingerprint density at radius 2 is 2.08 bits per heavy atom.